The molecule has 74 valence electrons. The first kappa shape index (κ1) is 11.5. The van der Waals surface area contributed by atoms with E-state index in [1.807, 2.05) is 0 Å². The summed E-state index contributed by atoms with van der Waals surface area (Å²) in [5, 5.41) is 0. The van der Waals surface area contributed by atoms with Crippen molar-refractivity contribution in [2.75, 3.05) is 0 Å². The monoisotopic (exact) mass is 317 g/mol. The molecule has 0 atom stereocenters. The van der Waals surface area contributed by atoms with Gasteiger partial charge in [-0.25, -0.2) is 0 Å². The van der Waals surface area contributed by atoms with E-state index in [-0.39, 0.29) is 5.56 Å². The minimum Gasteiger partial charge on any atom is -0.313 e. The fraction of sp³-hybridized carbons (Fsp3) is 0.300. The molecule has 0 unspecified atom stereocenters. The number of hydrogen-bond acceptors (Lipinski definition) is 1. The van der Waals surface area contributed by atoms with Crippen LogP contribution in [0, 0.1) is 12.3 Å². The van der Waals surface area contributed by atoms with E-state index < -0.39 is 0 Å². The Kier molecular flexibility index (Phi) is 4.43. The van der Waals surface area contributed by atoms with Crippen molar-refractivity contribution in [3.63, 3.8) is 0 Å². The van der Waals surface area contributed by atoms with Crippen molar-refractivity contribution in [1.29, 1.82) is 0 Å². The number of nitrogens with zero attached hydrogens (tertiary/aromatic N) is 1. The molecule has 0 saturated carbocycles. The summed E-state index contributed by atoms with van der Waals surface area (Å²) >= 11 is 6.53. The molecule has 0 N–H and O–H groups in total. The molecule has 1 heterocycles. The van der Waals surface area contributed by atoms with Gasteiger partial charge in [0.15, 0.2) is 0 Å². The van der Waals surface area contributed by atoms with Crippen LogP contribution in [0.15, 0.2) is 26.0 Å². The molecule has 4 heteroatoms. The largest absolute Gasteiger partial charge is 0.313 e. The van der Waals surface area contributed by atoms with E-state index >= 15 is 0 Å². The molecule has 0 amide bonds. The normalized spacial score (nSPS) is 9.79. The molecule has 0 aliphatic rings. The maximum Gasteiger partial charge on any atom is 0.264 e. The lowest BCUT2D eigenvalue weighted by molar-refractivity contribution is 0.629. The third kappa shape index (κ3) is 3.00. The highest BCUT2D eigenvalue weighted by molar-refractivity contribution is 9.11. The van der Waals surface area contributed by atoms with Crippen LogP contribution in [0.5, 0.6) is 0 Å². The third-order valence-electron chi connectivity index (χ3n) is 1.73. The van der Waals surface area contributed by atoms with Gasteiger partial charge in [-0.1, -0.05) is 0 Å². The van der Waals surface area contributed by atoms with E-state index in [1.165, 1.54) is 0 Å². The quantitative estimate of drug-likeness (QED) is 0.620. The molecule has 0 bridgehead atoms. The molecule has 1 aromatic heterocycles. The summed E-state index contributed by atoms with van der Waals surface area (Å²) in [6.45, 7) is 0.654. The molecule has 0 aliphatic heterocycles. The summed E-state index contributed by atoms with van der Waals surface area (Å²) in [5.74, 6) is 2.55. The Morgan fingerprint density at radius 2 is 2.21 bits per heavy atom. The van der Waals surface area contributed by atoms with E-state index in [0.29, 0.717) is 17.4 Å². The Labute approximate surface area is 99.6 Å². The highest BCUT2D eigenvalue weighted by atomic mass is 79.9. The lowest BCUT2D eigenvalue weighted by Gasteiger charge is -2.05. The van der Waals surface area contributed by atoms with Crippen LogP contribution in [0.25, 0.3) is 0 Å². The second-order valence-corrected chi connectivity index (χ2v) is 4.58. The zero-order chi connectivity index (χ0) is 10.6. The Hall–Kier alpha value is -0.530. The molecule has 0 aromatic carbocycles. The molecule has 0 aliphatic carbocycles. The van der Waals surface area contributed by atoms with E-state index in [2.05, 4.69) is 37.8 Å². The Bertz CT molecular complexity index is 417. The molecule has 0 saturated heterocycles. The Morgan fingerprint density at radius 3 is 2.86 bits per heavy atom. The minimum absolute atomic E-state index is 0.0229. The third-order valence-corrected chi connectivity index (χ3v) is 2.73. The number of terminal acetylenes is 1. The second kappa shape index (κ2) is 5.38. The topological polar surface area (TPSA) is 22.0 Å². The number of unbranched alkanes of at least 4 members (excludes halogenated alkanes) is 1. The smallest absolute Gasteiger partial charge is 0.264 e. The van der Waals surface area contributed by atoms with Crippen LogP contribution in [0.3, 0.4) is 0 Å². The highest BCUT2D eigenvalue weighted by Crippen LogP contribution is 2.12. The minimum atomic E-state index is -0.0229. The Morgan fingerprint density at radius 1 is 1.50 bits per heavy atom. The molecular formula is C10H9Br2NO. The number of hydrogen-bond donors (Lipinski definition) is 0. The zero-order valence-electron chi connectivity index (χ0n) is 7.46. The van der Waals surface area contributed by atoms with Gasteiger partial charge in [0.05, 0.1) is 4.47 Å². The molecule has 2 nitrogen and oxygen atoms in total. The lowest BCUT2D eigenvalue weighted by Crippen LogP contribution is -2.20. The summed E-state index contributed by atoms with van der Waals surface area (Å²) < 4.78 is 3.09. The molecule has 0 fully saturated rings. The first-order valence-electron chi connectivity index (χ1n) is 4.14. The van der Waals surface area contributed by atoms with Gasteiger partial charge in [-0.2, -0.15) is 0 Å². The molecule has 14 heavy (non-hydrogen) atoms. The van der Waals surface area contributed by atoms with Gasteiger partial charge in [0, 0.05) is 23.6 Å². The molecule has 0 radical (unpaired) electrons. The molecular weight excluding hydrogens is 310 g/mol. The van der Waals surface area contributed by atoms with Crippen LogP contribution in [-0.2, 0) is 6.54 Å². The van der Waals surface area contributed by atoms with Crippen LogP contribution < -0.4 is 5.56 Å². The first-order valence-corrected chi connectivity index (χ1v) is 5.72. The van der Waals surface area contributed by atoms with Gasteiger partial charge >= 0.3 is 0 Å². The number of aromatic nitrogens is 1. The zero-order valence-corrected chi connectivity index (χ0v) is 10.6. The van der Waals surface area contributed by atoms with E-state index in [4.69, 9.17) is 6.42 Å². The predicted molar refractivity (Wildman–Crippen MR) is 64.2 cm³/mol. The van der Waals surface area contributed by atoms with Crippen molar-refractivity contribution in [2.24, 2.45) is 0 Å². The average Bonchev–Trinajstić information content (AvgIpc) is 2.13. The van der Waals surface area contributed by atoms with Crippen molar-refractivity contribution in [3.05, 3.63) is 31.6 Å². The standard InChI is InChI=1S/C10H9Br2NO/c1-2-3-4-5-13-7-8(11)6-9(12)10(13)14/h1,6-7H,3-5H2. The van der Waals surface area contributed by atoms with Gasteiger partial charge in [0.2, 0.25) is 0 Å². The summed E-state index contributed by atoms with van der Waals surface area (Å²) in [6, 6.07) is 1.74. The summed E-state index contributed by atoms with van der Waals surface area (Å²) in [7, 11) is 0. The fourth-order valence-corrected chi connectivity index (χ4v) is 2.34. The second-order valence-electron chi connectivity index (χ2n) is 2.81. The van der Waals surface area contributed by atoms with Gasteiger partial charge in [-0.05, 0) is 44.3 Å². The highest BCUT2D eigenvalue weighted by Gasteiger charge is 2.02. The SMILES string of the molecule is C#CCCCn1cc(Br)cc(Br)c1=O. The number of aryl methyl sites for hydroxylation is 1. The molecule has 1 rings (SSSR count). The lowest BCUT2D eigenvalue weighted by atomic mass is 10.3. The number of halogens is 2. The van der Waals surface area contributed by atoms with E-state index in [9.17, 15) is 4.79 Å². The summed E-state index contributed by atoms with van der Waals surface area (Å²) in [6.07, 6.45) is 8.41. The van der Waals surface area contributed by atoms with Gasteiger partial charge in [-0.3, -0.25) is 4.79 Å². The maximum atomic E-state index is 11.6. The van der Waals surface area contributed by atoms with Crippen LogP contribution in [0.1, 0.15) is 12.8 Å². The van der Waals surface area contributed by atoms with Crippen molar-refractivity contribution in [3.8, 4) is 12.3 Å². The van der Waals surface area contributed by atoms with Gasteiger partial charge < -0.3 is 4.57 Å². The van der Waals surface area contributed by atoms with Crippen LogP contribution in [0.2, 0.25) is 0 Å². The van der Waals surface area contributed by atoms with Crippen LogP contribution in [-0.4, -0.2) is 4.57 Å². The first-order chi connectivity index (χ1) is 6.65. The average molecular weight is 319 g/mol. The van der Waals surface area contributed by atoms with Crippen molar-refractivity contribution in [1.82, 2.24) is 4.57 Å². The summed E-state index contributed by atoms with van der Waals surface area (Å²) in [5.41, 5.74) is -0.0229. The van der Waals surface area contributed by atoms with Gasteiger partial charge in [0.25, 0.3) is 5.56 Å². The van der Waals surface area contributed by atoms with Crippen molar-refractivity contribution < 1.29 is 0 Å². The van der Waals surface area contributed by atoms with Gasteiger partial charge in [-0.15, -0.1) is 12.3 Å². The Balaban J connectivity index is 2.87. The predicted octanol–water partition coefficient (Wildman–Crippen LogP) is 2.79. The van der Waals surface area contributed by atoms with Crippen LogP contribution >= 0.6 is 31.9 Å². The van der Waals surface area contributed by atoms with Crippen LogP contribution in [0.4, 0.5) is 0 Å². The van der Waals surface area contributed by atoms with E-state index in [1.54, 1.807) is 16.8 Å². The van der Waals surface area contributed by atoms with Crippen molar-refractivity contribution in [2.45, 2.75) is 19.4 Å². The number of pyridine rings is 1. The van der Waals surface area contributed by atoms with E-state index in [0.717, 1.165) is 10.9 Å². The van der Waals surface area contributed by atoms with Gasteiger partial charge in [0.1, 0.15) is 0 Å². The van der Waals surface area contributed by atoms with Crippen molar-refractivity contribution >= 4 is 31.9 Å². The fourth-order valence-electron chi connectivity index (χ4n) is 1.08. The number of rotatable bonds is 3. The molecule has 0 spiro atoms. The molecule has 1 aromatic rings. The summed E-state index contributed by atoms with van der Waals surface area (Å²) in [4.78, 5) is 11.6. The maximum absolute atomic E-state index is 11.6.